The van der Waals surface area contributed by atoms with Gasteiger partial charge in [0.25, 0.3) is 0 Å². The Bertz CT molecular complexity index is 736. The minimum absolute atomic E-state index is 0.0384. The number of hydrogen-bond acceptors (Lipinski definition) is 4. The summed E-state index contributed by atoms with van der Waals surface area (Å²) in [6.45, 7) is 1.96. The average molecular weight is 355 g/mol. The number of ether oxygens (including phenoxy) is 2. The van der Waals surface area contributed by atoms with Crippen molar-refractivity contribution >= 4 is 6.03 Å². The molecule has 26 heavy (non-hydrogen) atoms. The Hall–Kier alpha value is -2.76. The van der Waals surface area contributed by atoms with Gasteiger partial charge in [-0.1, -0.05) is 18.2 Å². The fraction of sp³-hybridized carbons (Fsp3) is 0.400. The molecule has 2 aromatic rings. The number of benzene rings is 1. The number of para-hydroxylation sites is 1. The van der Waals surface area contributed by atoms with Crippen LogP contribution in [0.2, 0.25) is 0 Å². The number of methoxy groups -OCH3 is 2. The van der Waals surface area contributed by atoms with E-state index in [4.69, 9.17) is 9.47 Å². The summed E-state index contributed by atoms with van der Waals surface area (Å²) < 4.78 is 10.7. The number of aromatic nitrogens is 1. The second-order valence-electron chi connectivity index (χ2n) is 6.48. The number of carbonyl (C=O) groups is 1. The number of pyridine rings is 1. The highest BCUT2D eigenvalue weighted by molar-refractivity contribution is 5.74. The minimum atomic E-state index is -0.0384. The molecule has 6 heteroatoms. The molecule has 138 valence electrons. The molecule has 1 fully saturated rings. The van der Waals surface area contributed by atoms with Crippen molar-refractivity contribution in [2.24, 2.45) is 5.92 Å². The zero-order valence-electron chi connectivity index (χ0n) is 15.3. The topological polar surface area (TPSA) is 63.7 Å². The second kappa shape index (κ2) is 8.56. The standard InChI is InChI=1S/C20H25N3O3/c1-25-18-7-3-6-17(19(18)26-2)13-22-20(24)23-10-8-16(14-23)11-15-5-4-9-21-12-15/h3-7,9,12,16H,8,10-11,13-14H2,1-2H3,(H,22,24). The van der Waals surface area contributed by atoms with Crippen LogP contribution in [0.4, 0.5) is 4.79 Å². The van der Waals surface area contributed by atoms with Gasteiger partial charge in [-0.05, 0) is 36.5 Å². The molecular formula is C20H25N3O3. The smallest absolute Gasteiger partial charge is 0.317 e. The fourth-order valence-electron chi connectivity index (χ4n) is 3.41. The van der Waals surface area contributed by atoms with E-state index >= 15 is 0 Å². The molecule has 0 bridgehead atoms. The van der Waals surface area contributed by atoms with Gasteiger partial charge in [0.05, 0.1) is 14.2 Å². The molecule has 1 N–H and O–H groups in total. The highest BCUT2D eigenvalue weighted by Crippen LogP contribution is 2.30. The van der Waals surface area contributed by atoms with E-state index in [2.05, 4.69) is 16.4 Å². The lowest BCUT2D eigenvalue weighted by Crippen LogP contribution is -2.38. The Labute approximate surface area is 154 Å². The number of hydrogen-bond donors (Lipinski definition) is 1. The van der Waals surface area contributed by atoms with Crippen molar-refractivity contribution in [2.75, 3.05) is 27.3 Å². The lowest BCUT2D eigenvalue weighted by Gasteiger charge is -2.18. The zero-order chi connectivity index (χ0) is 18.4. The molecule has 0 aliphatic carbocycles. The quantitative estimate of drug-likeness (QED) is 0.865. The van der Waals surface area contributed by atoms with Crippen molar-refractivity contribution in [2.45, 2.75) is 19.4 Å². The molecule has 0 spiro atoms. The van der Waals surface area contributed by atoms with Gasteiger partial charge in [0.2, 0.25) is 0 Å². The number of rotatable bonds is 6. The van der Waals surface area contributed by atoms with E-state index in [9.17, 15) is 4.79 Å². The van der Waals surface area contributed by atoms with Crippen LogP contribution in [0.3, 0.4) is 0 Å². The van der Waals surface area contributed by atoms with Gasteiger partial charge >= 0.3 is 6.03 Å². The van der Waals surface area contributed by atoms with Crippen molar-refractivity contribution in [1.29, 1.82) is 0 Å². The summed E-state index contributed by atoms with van der Waals surface area (Å²) in [5.41, 5.74) is 2.12. The lowest BCUT2D eigenvalue weighted by atomic mass is 10.0. The first-order valence-electron chi connectivity index (χ1n) is 8.82. The first-order chi connectivity index (χ1) is 12.7. The number of carbonyl (C=O) groups excluding carboxylic acids is 1. The molecule has 2 heterocycles. The van der Waals surface area contributed by atoms with Crippen molar-refractivity contribution in [3.05, 3.63) is 53.9 Å². The SMILES string of the molecule is COc1cccc(CNC(=O)N2CCC(Cc3cccnc3)C2)c1OC. The molecule has 1 aromatic carbocycles. The molecule has 1 aliphatic heterocycles. The van der Waals surface area contributed by atoms with E-state index in [1.807, 2.05) is 35.4 Å². The van der Waals surface area contributed by atoms with Gasteiger partial charge in [-0.3, -0.25) is 4.98 Å². The van der Waals surface area contributed by atoms with Crippen molar-refractivity contribution in [3.63, 3.8) is 0 Å². The highest BCUT2D eigenvalue weighted by atomic mass is 16.5. The number of nitrogens with one attached hydrogen (secondary N) is 1. The summed E-state index contributed by atoms with van der Waals surface area (Å²) in [6, 6.07) is 9.66. The molecule has 0 radical (unpaired) electrons. The van der Waals surface area contributed by atoms with Gasteiger partial charge in [-0.2, -0.15) is 0 Å². The summed E-state index contributed by atoms with van der Waals surface area (Å²) in [4.78, 5) is 18.5. The zero-order valence-corrected chi connectivity index (χ0v) is 15.3. The van der Waals surface area contributed by atoms with Crippen LogP contribution in [-0.2, 0) is 13.0 Å². The summed E-state index contributed by atoms with van der Waals surface area (Å²) in [5, 5.41) is 2.99. The highest BCUT2D eigenvalue weighted by Gasteiger charge is 2.26. The molecular weight excluding hydrogens is 330 g/mol. The summed E-state index contributed by atoms with van der Waals surface area (Å²) in [7, 11) is 3.21. The van der Waals surface area contributed by atoms with Crippen LogP contribution in [-0.4, -0.2) is 43.2 Å². The molecule has 1 aliphatic rings. The molecule has 1 aromatic heterocycles. The largest absolute Gasteiger partial charge is 0.493 e. The number of urea groups is 1. The average Bonchev–Trinajstić information content (AvgIpc) is 3.15. The molecule has 1 saturated heterocycles. The van der Waals surface area contributed by atoms with E-state index in [1.54, 1.807) is 20.4 Å². The lowest BCUT2D eigenvalue weighted by molar-refractivity contribution is 0.206. The van der Waals surface area contributed by atoms with Crippen LogP contribution in [0.5, 0.6) is 11.5 Å². The van der Waals surface area contributed by atoms with Crippen molar-refractivity contribution in [1.82, 2.24) is 15.2 Å². The van der Waals surface area contributed by atoms with Gasteiger partial charge in [0.15, 0.2) is 11.5 Å². The maximum Gasteiger partial charge on any atom is 0.317 e. The molecule has 0 saturated carbocycles. The summed E-state index contributed by atoms with van der Waals surface area (Å²) in [5.74, 6) is 1.81. The summed E-state index contributed by atoms with van der Waals surface area (Å²) in [6.07, 6.45) is 5.66. The molecule has 1 atom stereocenters. The van der Waals surface area contributed by atoms with E-state index < -0.39 is 0 Å². The van der Waals surface area contributed by atoms with Gasteiger partial charge in [0.1, 0.15) is 0 Å². The summed E-state index contributed by atoms with van der Waals surface area (Å²) >= 11 is 0. The van der Waals surface area contributed by atoms with Gasteiger partial charge in [-0.15, -0.1) is 0 Å². The third kappa shape index (κ3) is 4.25. The Morgan fingerprint density at radius 3 is 2.88 bits per heavy atom. The minimum Gasteiger partial charge on any atom is -0.493 e. The Morgan fingerprint density at radius 1 is 1.27 bits per heavy atom. The first-order valence-corrected chi connectivity index (χ1v) is 8.82. The number of amides is 2. The monoisotopic (exact) mass is 355 g/mol. The van der Waals surface area contributed by atoms with Crippen LogP contribution < -0.4 is 14.8 Å². The van der Waals surface area contributed by atoms with Crippen LogP contribution in [0, 0.1) is 5.92 Å². The second-order valence-corrected chi connectivity index (χ2v) is 6.48. The molecule has 1 unspecified atom stereocenters. The van der Waals surface area contributed by atoms with Gasteiger partial charge in [-0.25, -0.2) is 4.79 Å². The number of nitrogens with zero attached hydrogens (tertiary/aromatic N) is 2. The molecule has 6 nitrogen and oxygen atoms in total. The number of likely N-dealkylation sites (tertiary alicyclic amines) is 1. The normalized spacial score (nSPS) is 16.4. The Balaban J connectivity index is 1.53. The predicted molar refractivity (Wildman–Crippen MR) is 99.4 cm³/mol. The van der Waals surface area contributed by atoms with Gasteiger partial charge in [0, 0.05) is 37.6 Å². The predicted octanol–water partition coefficient (Wildman–Crippen LogP) is 2.87. The maximum absolute atomic E-state index is 12.5. The first kappa shape index (κ1) is 18.0. The van der Waals surface area contributed by atoms with E-state index in [0.717, 1.165) is 31.5 Å². The molecule has 3 rings (SSSR count). The maximum atomic E-state index is 12.5. The van der Waals surface area contributed by atoms with Crippen molar-refractivity contribution < 1.29 is 14.3 Å². The third-order valence-electron chi connectivity index (χ3n) is 4.73. The van der Waals surface area contributed by atoms with Crippen LogP contribution >= 0.6 is 0 Å². The van der Waals surface area contributed by atoms with Gasteiger partial charge < -0.3 is 19.7 Å². The van der Waals surface area contributed by atoms with Crippen LogP contribution in [0.1, 0.15) is 17.5 Å². The van der Waals surface area contributed by atoms with E-state index in [1.165, 1.54) is 5.56 Å². The molecule has 2 amide bonds. The Kier molecular flexibility index (Phi) is 5.94. The Morgan fingerprint density at radius 2 is 2.15 bits per heavy atom. The van der Waals surface area contributed by atoms with Crippen molar-refractivity contribution in [3.8, 4) is 11.5 Å². The van der Waals surface area contributed by atoms with Crippen LogP contribution in [0.15, 0.2) is 42.7 Å². The van der Waals surface area contributed by atoms with E-state index in [-0.39, 0.29) is 6.03 Å². The fourth-order valence-corrected chi connectivity index (χ4v) is 3.41. The van der Waals surface area contributed by atoms with Crippen LogP contribution in [0.25, 0.3) is 0 Å². The van der Waals surface area contributed by atoms with E-state index in [0.29, 0.717) is 24.0 Å². The third-order valence-corrected chi connectivity index (χ3v) is 4.73.